The van der Waals surface area contributed by atoms with Crippen LogP contribution in [0.25, 0.3) is 0 Å². The summed E-state index contributed by atoms with van der Waals surface area (Å²) < 4.78 is 0. The van der Waals surface area contributed by atoms with Crippen molar-refractivity contribution in [3.8, 4) is 0 Å². The summed E-state index contributed by atoms with van der Waals surface area (Å²) in [5, 5.41) is 16.9. The molecule has 1 aliphatic heterocycles. The molecule has 8 heteroatoms. The second-order valence-electron chi connectivity index (χ2n) is 8.20. The molecule has 3 unspecified atom stereocenters. The van der Waals surface area contributed by atoms with E-state index in [1.165, 1.54) is 6.42 Å². The second kappa shape index (κ2) is 10.2. The highest BCUT2D eigenvalue weighted by molar-refractivity contribution is 6.35. The number of amides is 2. The van der Waals surface area contributed by atoms with E-state index in [1.54, 1.807) is 12.1 Å². The monoisotopic (exact) mass is 478 g/mol. The van der Waals surface area contributed by atoms with Crippen molar-refractivity contribution >= 4 is 40.8 Å². The van der Waals surface area contributed by atoms with Gasteiger partial charge >= 0.3 is 6.03 Å². The molecule has 3 atom stereocenters. The van der Waals surface area contributed by atoms with Gasteiger partial charge in [0, 0.05) is 27.5 Å². The Bertz CT molecular complexity index is 944. The molecular weight excluding hydrogens is 455 g/mol. The van der Waals surface area contributed by atoms with Gasteiger partial charge in [-0.3, -0.25) is 0 Å². The molecule has 31 heavy (non-hydrogen) atoms. The van der Waals surface area contributed by atoms with Gasteiger partial charge in [0.25, 0.3) is 0 Å². The summed E-state index contributed by atoms with van der Waals surface area (Å²) >= 11 is 18.6. The van der Waals surface area contributed by atoms with Gasteiger partial charge in [-0.25, -0.2) is 4.79 Å². The highest BCUT2D eigenvalue weighted by Gasteiger charge is 2.34. The summed E-state index contributed by atoms with van der Waals surface area (Å²) in [7, 11) is 0. The van der Waals surface area contributed by atoms with Gasteiger partial charge in [0.1, 0.15) is 0 Å². The lowest BCUT2D eigenvalue weighted by molar-refractivity contribution is 0.226. The van der Waals surface area contributed by atoms with Gasteiger partial charge in [-0.15, -0.1) is 0 Å². The summed E-state index contributed by atoms with van der Waals surface area (Å²) in [5.41, 5.74) is 1.83. The van der Waals surface area contributed by atoms with E-state index in [4.69, 9.17) is 34.8 Å². The molecule has 4 rings (SSSR count). The molecule has 5 nitrogen and oxygen atoms in total. The van der Waals surface area contributed by atoms with Crippen LogP contribution in [0.1, 0.15) is 61.7 Å². The van der Waals surface area contributed by atoms with E-state index in [0.717, 1.165) is 36.8 Å². The minimum Gasteiger partial charge on any atom is -0.335 e. The number of carbonyl (C=O) groups excluding carboxylic acids is 1. The van der Waals surface area contributed by atoms with Gasteiger partial charge in [0.2, 0.25) is 0 Å². The van der Waals surface area contributed by atoms with E-state index >= 15 is 0 Å². The summed E-state index contributed by atoms with van der Waals surface area (Å²) in [6, 6.07) is 12.2. The van der Waals surface area contributed by atoms with Crippen LogP contribution >= 0.6 is 34.8 Å². The van der Waals surface area contributed by atoms with Gasteiger partial charge < -0.3 is 10.6 Å². The first-order valence-corrected chi connectivity index (χ1v) is 11.8. The molecule has 0 bridgehead atoms. The van der Waals surface area contributed by atoms with Crippen LogP contribution in [-0.2, 0) is 0 Å². The Balaban J connectivity index is 1.52. The maximum atomic E-state index is 12.8. The molecule has 2 aromatic rings. The smallest absolute Gasteiger partial charge is 0.315 e. The first kappa shape index (κ1) is 22.4. The highest BCUT2D eigenvalue weighted by Crippen LogP contribution is 2.38. The van der Waals surface area contributed by atoms with Crippen molar-refractivity contribution in [3.63, 3.8) is 0 Å². The number of azo groups is 1. The Morgan fingerprint density at radius 3 is 2.35 bits per heavy atom. The van der Waals surface area contributed by atoms with Crippen LogP contribution in [0, 0.1) is 0 Å². The van der Waals surface area contributed by atoms with E-state index in [9.17, 15) is 4.79 Å². The largest absolute Gasteiger partial charge is 0.335 e. The molecule has 2 aliphatic rings. The lowest BCUT2D eigenvalue weighted by Crippen LogP contribution is -2.46. The third kappa shape index (κ3) is 5.71. The van der Waals surface area contributed by atoms with Crippen LogP contribution in [0.5, 0.6) is 0 Å². The third-order valence-electron chi connectivity index (χ3n) is 5.98. The Hall–Kier alpha value is -1.82. The molecule has 0 saturated heterocycles. The second-order valence-corrected chi connectivity index (χ2v) is 9.48. The zero-order chi connectivity index (χ0) is 21.8. The number of rotatable bonds is 5. The van der Waals surface area contributed by atoms with Crippen molar-refractivity contribution in [2.75, 3.05) is 0 Å². The van der Waals surface area contributed by atoms with Gasteiger partial charge in [-0.05, 0) is 48.2 Å². The lowest BCUT2D eigenvalue weighted by Gasteiger charge is -2.27. The van der Waals surface area contributed by atoms with Crippen molar-refractivity contribution in [1.29, 1.82) is 0 Å². The number of nitrogens with one attached hydrogen (secondary N) is 2. The topological polar surface area (TPSA) is 65.8 Å². The minimum atomic E-state index is -0.408. The van der Waals surface area contributed by atoms with Crippen molar-refractivity contribution in [2.24, 2.45) is 10.2 Å². The Labute approximate surface area is 197 Å². The van der Waals surface area contributed by atoms with E-state index < -0.39 is 6.04 Å². The fourth-order valence-corrected chi connectivity index (χ4v) is 4.98. The molecule has 1 heterocycles. The normalized spacial score (nSPS) is 22.3. The standard InChI is InChI=1S/C23H25Cl3N4O/c24-15-8-6-14(7-9-15)20-13-21(30-29-20)22(18-11-10-16(25)12-19(18)26)28-23(31)27-17-4-2-1-3-5-17/h6-12,17,20-22H,1-5,13H2,(H2,27,28,31). The van der Waals surface area contributed by atoms with Crippen molar-refractivity contribution in [1.82, 2.24) is 10.6 Å². The highest BCUT2D eigenvalue weighted by atomic mass is 35.5. The number of carbonyl (C=O) groups is 1. The average Bonchev–Trinajstić information content (AvgIpc) is 3.24. The molecule has 164 valence electrons. The van der Waals surface area contributed by atoms with Crippen LogP contribution in [0.4, 0.5) is 4.79 Å². The molecule has 2 amide bonds. The van der Waals surface area contributed by atoms with Crippen molar-refractivity contribution in [2.45, 2.75) is 62.7 Å². The van der Waals surface area contributed by atoms with E-state index in [-0.39, 0.29) is 24.2 Å². The van der Waals surface area contributed by atoms with Gasteiger partial charge in [0.15, 0.2) is 0 Å². The van der Waals surface area contributed by atoms with Crippen LogP contribution in [0.2, 0.25) is 15.1 Å². The number of hydrogen-bond donors (Lipinski definition) is 2. The van der Waals surface area contributed by atoms with Crippen LogP contribution in [-0.4, -0.2) is 18.1 Å². The number of benzene rings is 2. The Morgan fingerprint density at radius 1 is 0.935 bits per heavy atom. The van der Waals surface area contributed by atoms with Crippen LogP contribution < -0.4 is 10.6 Å². The number of nitrogens with zero attached hydrogens (tertiary/aromatic N) is 2. The zero-order valence-electron chi connectivity index (χ0n) is 17.0. The predicted octanol–water partition coefficient (Wildman–Crippen LogP) is 7.29. The summed E-state index contributed by atoms with van der Waals surface area (Å²) in [6.45, 7) is 0. The molecule has 2 N–H and O–H groups in total. The van der Waals surface area contributed by atoms with E-state index in [2.05, 4.69) is 20.9 Å². The van der Waals surface area contributed by atoms with E-state index in [1.807, 2.05) is 30.3 Å². The summed E-state index contributed by atoms with van der Waals surface area (Å²) in [4.78, 5) is 12.8. The lowest BCUT2D eigenvalue weighted by atomic mass is 9.93. The SMILES string of the molecule is O=C(NC1CCCCC1)NC(c1ccc(Cl)cc1Cl)C1CC(c2ccc(Cl)cc2)N=N1. The molecule has 0 radical (unpaired) electrons. The fraction of sp³-hybridized carbons (Fsp3) is 0.435. The first-order chi connectivity index (χ1) is 15.0. The zero-order valence-corrected chi connectivity index (χ0v) is 19.3. The van der Waals surface area contributed by atoms with Crippen molar-refractivity contribution < 1.29 is 4.79 Å². The van der Waals surface area contributed by atoms with Crippen molar-refractivity contribution in [3.05, 3.63) is 68.7 Å². The van der Waals surface area contributed by atoms with Crippen LogP contribution in [0.15, 0.2) is 52.7 Å². The maximum absolute atomic E-state index is 12.8. The molecule has 2 aromatic carbocycles. The van der Waals surface area contributed by atoms with Gasteiger partial charge in [-0.1, -0.05) is 72.3 Å². The van der Waals surface area contributed by atoms with Gasteiger partial charge in [0.05, 0.1) is 18.1 Å². The maximum Gasteiger partial charge on any atom is 0.315 e. The quantitative estimate of drug-likeness (QED) is 0.464. The van der Waals surface area contributed by atoms with E-state index in [0.29, 0.717) is 21.5 Å². The number of hydrogen-bond acceptors (Lipinski definition) is 3. The predicted molar refractivity (Wildman–Crippen MR) is 125 cm³/mol. The Morgan fingerprint density at radius 2 is 1.65 bits per heavy atom. The minimum absolute atomic E-state index is 0.0842. The number of halogens is 3. The molecule has 0 aromatic heterocycles. The van der Waals surface area contributed by atoms with Gasteiger partial charge in [-0.2, -0.15) is 10.2 Å². The molecule has 1 aliphatic carbocycles. The molecular formula is C23H25Cl3N4O. The molecule has 0 spiro atoms. The number of urea groups is 1. The summed E-state index contributed by atoms with van der Waals surface area (Å²) in [6.07, 6.45) is 6.23. The first-order valence-electron chi connectivity index (χ1n) is 10.7. The molecule has 1 saturated carbocycles. The Kier molecular flexibility index (Phi) is 7.36. The molecule has 1 fully saturated rings. The summed E-state index contributed by atoms with van der Waals surface area (Å²) in [5.74, 6) is 0. The fourth-order valence-electron chi connectivity index (χ4n) is 4.33. The third-order valence-corrected chi connectivity index (χ3v) is 6.80. The average molecular weight is 480 g/mol. The van der Waals surface area contributed by atoms with Crippen LogP contribution in [0.3, 0.4) is 0 Å².